The summed E-state index contributed by atoms with van der Waals surface area (Å²) < 4.78 is 26.1. The molecule has 17 heavy (non-hydrogen) atoms. The SMILES string of the molecule is Fc1ccc(C2=CCc3ccccc32)cc1F. The van der Waals surface area contributed by atoms with E-state index in [4.69, 9.17) is 0 Å². The van der Waals surface area contributed by atoms with Gasteiger partial charge in [0.05, 0.1) is 0 Å². The second-order valence-corrected chi connectivity index (χ2v) is 4.11. The Balaban J connectivity index is 2.10. The van der Waals surface area contributed by atoms with E-state index in [-0.39, 0.29) is 0 Å². The number of rotatable bonds is 1. The Labute approximate surface area is 98.2 Å². The van der Waals surface area contributed by atoms with Gasteiger partial charge in [-0.15, -0.1) is 0 Å². The lowest BCUT2D eigenvalue weighted by molar-refractivity contribution is 0.508. The number of allylic oxidation sites excluding steroid dienone is 1. The smallest absolute Gasteiger partial charge is 0.159 e. The number of hydrogen-bond acceptors (Lipinski definition) is 0. The zero-order valence-corrected chi connectivity index (χ0v) is 9.08. The quantitative estimate of drug-likeness (QED) is 0.693. The van der Waals surface area contributed by atoms with E-state index in [0.717, 1.165) is 23.1 Å². The van der Waals surface area contributed by atoms with Crippen LogP contribution in [0.3, 0.4) is 0 Å². The van der Waals surface area contributed by atoms with Gasteiger partial charge in [0, 0.05) is 0 Å². The Hall–Kier alpha value is -1.96. The van der Waals surface area contributed by atoms with Crippen LogP contribution in [-0.4, -0.2) is 0 Å². The fourth-order valence-electron chi connectivity index (χ4n) is 2.22. The molecule has 0 fully saturated rings. The van der Waals surface area contributed by atoms with Gasteiger partial charge in [0.15, 0.2) is 11.6 Å². The van der Waals surface area contributed by atoms with Crippen LogP contribution in [-0.2, 0) is 6.42 Å². The minimum atomic E-state index is -0.805. The molecule has 0 amide bonds. The second kappa shape index (κ2) is 3.81. The van der Waals surface area contributed by atoms with Crippen LogP contribution in [0.15, 0.2) is 48.5 Å². The van der Waals surface area contributed by atoms with Crippen LogP contribution in [0.5, 0.6) is 0 Å². The topological polar surface area (TPSA) is 0 Å². The average Bonchev–Trinajstić information content (AvgIpc) is 2.76. The maximum Gasteiger partial charge on any atom is 0.159 e. The monoisotopic (exact) mass is 228 g/mol. The molecule has 2 heteroatoms. The van der Waals surface area contributed by atoms with Crippen molar-refractivity contribution in [2.24, 2.45) is 0 Å². The van der Waals surface area contributed by atoms with Crippen molar-refractivity contribution in [2.45, 2.75) is 6.42 Å². The van der Waals surface area contributed by atoms with Gasteiger partial charge in [0.1, 0.15) is 0 Å². The van der Waals surface area contributed by atoms with Gasteiger partial charge < -0.3 is 0 Å². The van der Waals surface area contributed by atoms with Gasteiger partial charge in [0.2, 0.25) is 0 Å². The Morgan fingerprint density at radius 2 is 1.71 bits per heavy atom. The molecule has 2 aromatic rings. The van der Waals surface area contributed by atoms with Crippen molar-refractivity contribution in [2.75, 3.05) is 0 Å². The van der Waals surface area contributed by atoms with Gasteiger partial charge in [0.25, 0.3) is 0 Å². The summed E-state index contributed by atoms with van der Waals surface area (Å²) in [4.78, 5) is 0. The minimum Gasteiger partial charge on any atom is -0.204 e. The Bertz CT molecular complexity index is 612. The highest BCUT2D eigenvalue weighted by Gasteiger charge is 2.15. The molecule has 0 aromatic heterocycles. The van der Waals surface area contributed by atoms with E-state index in [2.05, 4.69) is 12.1 Å². The summed E-state index contributed by atoms with van der Waals surface area (Å²) in [6.07, 6.45) is 2.90. The van der Waals surface area contributed by atoms with E-state index >= 15 is 0 Å². The molecule has 0 N–H and O–H groups in total. The summed E-state index contributed by atoms with van der Waals surface area (Å²) in [7, 11) is 0. The van der Waals surface area contributed by atoms with Crippen molar-refractivity contribution in [3.8, 4) is 0 Å². The van der Waals surface area contributed by atoms with E-state index < -0.39 is 11.6 Å². The minimum absolute atomic E-state index is 0.730. The summed E-state index contributed by atoms with van der Waals surface area (Å²) >= 11 is 0. The number of benzene rings is 2. The summed E-state index contributed by atoms with van der Waals surface area (Å²) in [5.74, 6) is -1.60. The molecule has 2 aromatic carbocycles. The van der Waals surface area contributed by atoms with Gasteiger partial charge in [-0.1, -0.05) is 36.4 Å². The third-order valence-electron chi connectivity index (χ3n) is 3.06. The molecular weight excluding hydrogens is 218 g/mol. The summed E-state index contributed by atoms with van der Waals surface area (Å²) in [6, 6.07) is 12.1. The van der Waals surface area contributed by atoms with Crippen molar-refractivity contribution < 1.29 is 8.78 Å². The second-order valence-electron chi connectivity index (χ2n) is 4.11. The maximum atomic E-state index is 13.2. The van der Waals surface area contributed by atoms with E-state index in [1.807, 2.05) is 18.2 Å². The van der Waals surface area contributed by atoms with Crippen LogP contribution < -0.4 is 0 Å². The number of halogens is 2. The number of hydrogen-bond donors (Lipinski definition) is 0. The highest BCUT2D eigenvalue weighted by molar-refractivity contribution is 5.84. The highest BCUT2D eigenvalue weighted by atomic mass is 19.2. The molecule has 84 valence electrons. The molecule has 0 atom stereocenters. The number of fused-ring (bicyclic) bond motifs is 1. The first kappa shape index (κ1) is 10.2. The van der Waals surface area contributed by atoms with Crippen LogP contribution in [0.4, 0.5) is 8.78 Å². The van der Waals surface area contributed by atoms with Gasteiger partial charge in [-0.05, 0) is 40.8 Å². The highest BCUT2D eigenvalue weighted by Crippen LogP contribution is 2.32. The van der Waals surface area contributed by atoms with Crippen molar-refractivity contribution >= 4 is 5.57 Å². The molecule has 3 rings (SSSR count). The molecular formula is C15H10F2. The third-order valence-corrected chi connectivity index (χ3v) is 3.06. The molecule has 0 saturated heterocycles. The van der Waals surface area contributed by atoms with Crippen molar-refractivity contribution in [1.82, 2.24) is 0 Å². The van der Waals surface area contributed by atoms with Gasteiger partial charge in [-0.2, -0.15) is 0 Å². The lowest BCUT2D eigenvalue weighted by Crippen LogP contribution is -1.90. The predicted octanol–water partition coefficient (Wildman–Crippen LogP) is 3.95. The third kappa shape index (κ3) is 1.66. The normalized spacial score (nSPS) is 13.4. The van der Waals surface area contributed by atoms with Gasteiger partial charge in [-0.3, -0.25) is 0 Å². The van der Waals surface area contributed by atoms with Crippen molar-refractivity contribution in [1.29, 1.82) is 0 Å². The lowest BCUT2D eigenvalue weighted by Gasteiger charge is -2.06. The lowest BCUT2D eigenvalue weighted by atomic mass is 9.99. The van der Waals surface area contributed by atoms with Gasteiger partial charge in [-0.25, -0.2) is 8.78 Å². The first-order valence-corrected chi connectivity index (χ1v) is 5.49. The molecule has 0 bridgehead atoms. The Kier molecular flexibility index (Phi) is 2.29. The summed E-state index contributed by atoms with van der Waals surface area (Å²) in [5, 5.41) is 0. The fraction of sp³-hybridized carbons (Fsp3) is 0.0667. The van der Waals surface area contributed by atoms with Crippen LogP contribution >= 0.6 is 0 Å². The average molecular weight is 228 g/mol. The summed E-state index contributed by atoms with van der Waals surface area (Å²) in [6.45, 7) is 0. The first-order valence-electron chi connectivity index (χ1n) is 5.49. The van der Waals surface area contributed by atoms with Crippen molar-refractivity contribution in [3.05, 3.63) is 76.9 Å². The zero-order chi connectivity index (χ0) is 11.8. The van der Waals surface area contributed by atoms with Crippen LogP contribution in [0.1, 0.15) is 16.7 Å². The van der Waals surface area contributed by atoms with E-state index in [1.165, 1.54) is 17.7 Å². The van der Waals surface area contributed by atoms with Crippen LogP contribution in [0.25, 0.3) is 5.57 Å². The van der Waals surface area contributed by atoms with E-state index in [1.54, 1.807) is 6.07 Å². The molecule has 0 nitrogen and oxygen atoms in total. The van der Waals surface area contributed by atoms with Gasteiger partial charge >= 0.3 is 0 Å². The van der Waals surface area contributed by atoms with Crippen LogP contribution in [0, 0.1) is 11.6 Å². The Morgan fingerprint density at radius 3 is 2.53 bits per heavy atom. The summed E-state index contributed by atoms with van der Waals surface area (Å²) in [5.41, 5.74) is 4.05. The molecule has 0 aliphatic heterocycles. The molecule has 1 aliphatic rings. The molecule has 0 radical (unpaired) electrons. The predicted molar refractivity (Wildman–Crippen MR) is 63.6 cm³/mol. The largest absolute Gasteiger partial charge is 0.204 e. The van der Waals surface area contributed by atoms with Crippen molar-refractivity contribution in [3.63, 3.8) is 0 Å². The molecule has 0 unspecified atom stereocenters. The fourth-order valence-corrected chi connectivity index (χ4v) is 2.22. The van der Waals surface area contributed by atoms with E-state index in [0.29, 0.717) is 0 Å². The molecule has 0 spiro atoms. The molecule has 0 saturated carbocycles. The standard InChI is InChI=1S/C15H10F2/c16-14-8-6-11(9-15(14)17)13-7-5-10-3-1-2-4-12(10)13/h1-4,6-9H,5H2. The maximum absolute atomic E-state index is 13.2. The zero-order valence-electron chi connectivity index (χ0n) is 9.08. The van der Waals surface area contributed by atoms with E-state index in [9.17, 15) is 8.78 Å². The molecule has 0 heterocycles. The first-order chi connectivity index (χ1) is 8.25. The van der Waals surface area contributed by atoms with Crippen LogP contribution in [0.2, 0.25) is 0 Å². The molecule has 1 aliphatic carbocycles. The Morgan fingerprint density at radius 1 is 0.882 bits per heavy atom.